The van der Waals surface area contributed by atoms with Gasteiger partial charge in [0.15, 0.2) is 0 Å². The molecule has 0 bridgehead atoms. The summed E-state index contributed by atoms with van der Waals surface area (Å²) in [6, 6.07) is 8.07. The van der Waals surface area contributed by atoms with E-state index in [1.165, 1.54) is 12.0 Å². The highest BCUT2D eigenvalue weighted by Gasteiger charge is 2.02. The molecule has 0 aliphatic rings. The zero-order chi connectivity index (χ0) is 14.1. The number of ketones is 1. The number of benzene rings is 1. The van der Waals surface area contributed by atoms with Crippen molar-refractivity contribution in [2.24, 2.45) is 5.92 Å². The minimum absolute atomic E-state index is 0.237. The van der Waals surface area contributed by atoms with E-state index < -0.39 is 0 Å². The fourth-order valence-electron chi connectivity index (χ4n) is 1.78. The fourth-order valence-corrected chi connectivity index (χ4v) is 2.56. The minimum Gasteiger partial charge on any atom is -0.494 e. The van der Waals surface area contributed by atoms with Crippen LogP contribution in [0.4, 0.5) is 0 Å². The standard InChI is InChI=1S/C16H23BrO2/c1-13(9-11-17)10-12-19-16-7-5-15(6-8-16)4-3-14(2)18/h5-8,13H,3-4,9-12H2,1-2H3. The lowest BCUT2D eigenvalue weighted by atomic mass is 10.1. The molecule has 0 aliphatic carbocycles. The molecule has 1 atom stereocenters. The fraction of sp³-hybridized carbons (Fsp3) is 0.562. The molecule has 0 aromatic heterocycles. The molecule has 0 saturated heterocycles. The molecule has 1 unspecified atom stereocenters. The van der Waals surface area contributed by atoms with Gasteiger partial charge in [-0.05, 0) is 49.8 Å². The molecule has 3 heteroatoms. The van der Waals surface area contributed by atoms with Crippen LogP contribution in [0.25, 0.3) is 0 Å². The molecule has 1 rings (SSSR count). The summed E-state index contributed by atoms with van der Waals surface area (Å²) in [5, 5.41) is 1.05. The van der Waals surface area contributed by atoms with Gasteiger partial charge in [-0.1, -0.05) is 35.0 Å². The number of alkyl halides is 1. The SMILES string of the molecule is CC(=O)CCc1ccc(OCCC(C)CCBr)cc1. The number of aryl methyl sites for hydroxylation is 1. The van der Waals surface area contributed by atoms with Gasteiger partial charge in [0, 0.05) is 11.8 Å². The van der Waals surface area contributed by atoms with E-state index in [0.717, 1.165) is 30.5 Å². The largest absolute Gasteiger partial charge is 0.494 e. The molecule has 106 valence electrons. The molecule has 0 radical (unpaired) electrons. The summed E-state index contributed by atoms with van der Waals surface area (Å²) >= 11 is 3.45. The van der Waals surface area contributed by atoms with Gasteiger partial charge in [-0.2, -0.15) is 0 Å². The Hall–Kier alpha value is -0.830. The van der Waals surface area contributed by atoms with Gasteiger partial charge in [0.1, 0.15) is 11.5 Å². The highest BCUT2D eigenvalue weighted by molar-refractivity contribution is 9.09. The van der Waals surface area contributed by atoms with Gasteiger partial charge in [0.2, 0.25) is 0 Å². The van der Waals surface area contributed by atoms with E-state index in [4.69, 9.17) is 4.74 Å². The van der Waals surface area contributed by atoms with E-state index in [-0.39, 0.29) is 5.78 Å². The Morgan fingerprint density at radius 1 is 1.26 bits per heavy atom. The van der Waals surface area contributed by atoms with Crippen LogP contribution in [0, 0.1) is 5.92 Å². The van der Waals surface area contributed by atoms with Crippen LogP contribution in [0.1, 0.15) is 38.7 Å². The van der Waals surface area contributed by atoms with Crippen LogP contribution in [0.2, 0.25) is 0 Å². The molecule has 1 aromatic carbocycles. The number of rotatable bonds is 9. The quantitative estimate of drug-likeness (QED) is 0.629. The van der Waals surface area contributed by atoms with Crippen LogP contribution in [0.15, 0.2) is 24.3 Å². The summed E-state index contributed by atoms with van der Waals surface area (Å²) in [7, 11) is 0. The van der Waals surface area contributed by atoms with E-state index in [1.807, 2.05) is 24.3 Å². The summed E-state index contributed by atoms with van der Waals surface area (Å²) in [6.07, 6.45) is 3.70. The van der Waals surface area contributed by atoms with Gasteiger partial charge >= 0.3 is 0 Å². The van der Waals surface area contributed by atoms with Crippen molar-refractivity contribution in [1.82, 2.24) is 0 Å². The number of carbonyl (C=O) groups excluding carboxylic acids is 1. The van der Waals surface area contributed by atoms with Crippen LogP contribution in [0.3, 0.4) is 0 Å². The van der Waals surface area contributed by atoms with Gasteiger partial charge in [0.25, 0.3) is 0 Å². The normalized spacial score (nSPS) is 12.2. The van der Waals surface area contributed by atoms with Crippen LogP contribution < -0.4 is 4.74 Å². The van der Waals surface area contributed by atoms with Crippen molar-refractivity contribution in [2.75, 3.05) is 11.9 Å². The third-order valence-corrected chi connectivity index (χ3v) is 3.63. The number of halogens is 1. The van der Waals surface area contributed by atoms with E-state index in [0.29, 0.717) is 12.3 Å². The van der Waals surface area contributed by atoms with Crippen molar-refractivity contribution >= 4 is 21.7 Å². The Kier molecular flexibility index (Phi) is 7.80. The zero-order valence-electron chi connectivity index (χ0n) is 11.8. The minimum atomic E-state index is 0.237. The van der Waals surface area contributed by atoms with Crippen molar-refractivity contribution in [1.29, 1.82) is 0 Å². The molecular weight excluding hydrogens is 304 g/mol. The Morgan fingerprint density at radius 2 is 1.95 bits per heavy atom. The smallest absolute Gasteiger partial charge is 0.130 e. The highest BCUT2D eigenvalue weighted by Crippen LogP contribution is 2.15. The maximum absolute atomic E-state index is 10.9. The molecule has 0 heterocycles. The first-order chi connectivity index (χ1) is 9.11. The molecule has 0 spiro atoms. The first-order valence-electron chi connectivity index (χ1n) is 6.89. The molecule has 1 aromatic rings. The van der Waals surface area contributed by atoms with Gasteiger partial charge in [-0.15, -0.1) is 0 Å². The van der Waals surface area contributed by atoms with E-state index in [2.05, 4.69) is 22.9 Å². The second-order valence-electron chi connectivity index (χ2n) is 5.07. The molecule has 0 saturated carbocycles. The number of hydrogen-bond donors (Lipinski definition) is 0. The third-order valence-electron chi connectivity index (χ3n) is 3.17. The number of Topliss-reactive ketones (excluding diaryl/α,β-unsaturated/α-hetero) is 1. The van der Waals surface area contributed by atoms with Gasteiger partial charge in [-0.25, -0.2) is 0 Å². The lowest BCUT2D eigenvalue weighted by molar-refractivity contribution is -0.116. The van der Waals surface area contributed by atoms with Crippen LogP contribution in [0.5, 0.6) is 5.75 Å². The third kappa shape index (κ3) is 7.36. The molecule has 0 amide bonds. The maximum atomic E-state index is 10.9. The molecule has 19 heavy (non-hydrogen) atoms. The van der Waals surface area contributed by atoms with Gasteiger partial charge < -0.3 is 9.53 Å². The van der Waals surface area contributed by atoms with Crippen LogP contribution >= 0.6 is 15.9 Å². The number of carbonyl (C=O) groups is 1. The summed E-state index contributed by atoms with van der Waals surface area (Å²) < 4.78 is 5.72. The first kappa shape index (κ1) is 16.2. The molecule has 0 N–H and O–H groups in total. The van der Waals surface area contributed by atoms with Crippen molar-refractivity contribution in [3.8, 4) is 5.75 Å². The molecule has 0 fully saturated rings. The number of hydrogen-bond acceptors (Lipinski definition) is 2. The number of ether oxygens (including phenoxy) is 1. The second kappa shape index (κ2) is 9.13. The average Bonchev–Trinajstić information content (AvgIpc) is 2.38. The lowest BCUT2D eigenvalue weighted by Gasteiger charge is -2.11. The van der Waals surface area contributed by atoms with Crippen molar-refractivity contribution in [2.45, 2.75) is 39.5 Å². The Labute approximate surface area is 124 Å². The summed E-state index contributed by atoms with van der Waals surface area (Å²) in [6.45, 7) is 4.64. The van der Waals surface area contributed by atoms with Crippen molar-refractivity contribution < 1.29 is 9.53 Å². The van der Waals surface area contributed by atoms with E-state index in [1.54, 1.807) is 6.92 Å². The molecular formula is C16H23BrO2. The molecule has 0 aliphatic heterocycles. The first-order valence-corrected chi connectivity index (χ1v) is 8.01. The Morgan fingerprint density at radius 3 is 2.53 bits per heavy atom. The van der Waals surface area contributed by atoms with Gasteiger partial charge in [-0.3, -0.25) is 0 Å². The predicted molar refractivity (Wildman–Crippen MR) is 83.1 cm³/mol. The lowest BCUT2D eigenvalue weighted by Crippen LogP contribution is -2.04. The molecule has 2 nitrogen and oxygen atoms in total. The monoisotopic (exact) mass is 326 g/mol. The zero-order valence-corrected chi connectivity index (χ0v) is 13.4. The second-order valence-corrected chi connectivity index (χ2v) is 5.86. The van der Waals surface area contributed by atoms with Crippen molar-refractivity contribution in [3.63, 3.8) is 0 Å². The van der Waals surface area contributed by atoms with Crippen LogP contribution in [-0.2, 0) is 11.2 Å². The Balaban J connectivity index is 2.29. The average molecular weight is 327 g/mol. The van der Waals surface area contributed by atoms with E-state index >= 15 is 0 Å². The maximum Gasteiger partial charge on any atom is 0.130 e. The predicted octanol–water partition coefficient (Wildman–Crippen LogP) is 4.40. The highest BCUT2D eigenvalue weighted by atomic mass is 79.9. The van der Waals surface area contributed by atoms with Crippen molar-refractivity contribution in [3.05, 3.63) is 29.8 Å². The van der Waals surface area contributed by atoms with E-state index in [9.17, 15) is 4.79 Å². The van der Waals surface area contributed by atoms with Gasteiger partial charge in [0.05, 0.1) is 6.61 Å². The Bertz CT molecular complexity index is 373. The topological polar surface area (TPSA) is 26.3 Å². The summed E-state index contributed by atoms with van der Waals surface area (Å²) in [5.74, 6) is 1.84. The summed E-state index contributed by atoms with van der Waals surface area (Å²) in [5.41, 5.74) is 1.19. The summed E-state index contributed by atoms with van der Waals surface area (Å²) in [4.78, 5) is 10.9. The van der Waals surface area contributed by atoms with Crippen LogP contribution in [-0.4, -0.2) is 17.7 Å².